The van der Waals surface area contributed by atoms with Crippen LogP contribution in [0.2, 0.25) is 0 Å². The van der Waals surface area contributed by atoms with Gasteiger partial charge in [-0.15, -0.1) is 0 Å². The molecule has 0 aromatic heterocycles. The third kappa shape index (κ3) is 4.09. The lowest BCUT2D eigenvalue weighted by atomic mass is 10.4. The molecule has 52 valence electrons. The maximum Gasteiger partial charge on any atom is 0.236 e. The zero-order valence-corrected chi connectivity index (χ0v) is 6.48. The summed E-state index contributed by atoms with van der Waals surface area (Å²) in [6.45, 7) is 3.56. The highest BCUT2D eigenvalue weighted by Gasteiger charge is 2.02. The SMILES string of the molecule is C/C=C\NC(=O)C(C)S. The number of hydrogen-bond donors (Lipinski definition) is 2. The van der Waals surface area contributed by atoms with Gasteiger partial charge < -0.3 is 5.32 Å². The summed E-state index contributed by atoms with van der Waals surface area (Å²) in [4.78, 5) is 10.7. The highest BCUT2D eigenvalue weighted by Crippen LogP contribution is 1.90. The van der Waals surface area contributed by atoms with Gasteiger partial charge in [-0.1, -0.05) is 6.08 Å². The zero-order valence-electron chi connectivity index (χ0n) is 5.59. The Morgan fingerprint density at radius 1 is 1.78 bits per heavy atom. The van der Waals surface area contributed by atoms with Crippen molar-refractivity contribution in [1.82, 2.24) is 5.32 Å². The maximum atomic E-state index is 10.7. The summed E-state index contributed by atoms with van der Waals surface area (Å²) in [7, 11) is 0. The van der Waals surface area contributed by atoms with Crippen molar-refractivity contribution in [2.24, 2.45) is 0 Å². The van der Waals surface area contributed by atoms with Gasteiger partial charge >= 0.3 is 0 Å². The van der Waals surface area contributed by atoms with E-state index in [1.54, 1.807) is 19.2 Å². The van der Waals surface area contributed by atoms with Crippen LogP contribution in [0.1, 0.15) is 13.8 Å². The molecule has 0 aromatic rings. The highest BCUT2D eigenvalue weighted by molar-refractivity contribution is 7.81. The first kappa shape index (κ1) is 8.56. The van der Waals surface area contributed by atoms with E-state index in [4.69, 9.17) is 0 Å². The summed E-state index contributed by atoms with van der Waals surface area (Å²) in [5, 5.41) is 2.30. The molecule has 0 aliphatic rings. The monoisotopic (exact) mass is 145 g/mol. The summed E-state index contributed by atoms with van der Waals surface area (Å²) >= 11 is 3.92. The Kier molecular flexibility index (Phi) is 4.22. The third-order valence-electron chi connectivity index (χ3n) is 0.772. The van der Waals surface area contributed by atoms with Crippen molar-refractivity contribution in [3.63, 3.8) is 0 Å². The van der Waals surface area contributed by atoms with Crippen LogP contribution in [0.4, 0.5) is 0 Å². The molecule has 0 aliphatic heterocycles. The molecule has 1 N–H and O–H groups in total. The van der Waals surface area contributed by atoms with Crippen molar-refractivity contribution in [1.29, 1.82) is 0 Å². The summed E-state index contributed by atoms with van der Waals surface area (Å²) in [5.74, 6) is -0.0727. The fraction of sp³-hybridized carbons (Fsp3) is 0.500. The average molecular weight is 145 g/mol. The van der Waals surface area contributed by atoms with Gasteiger partial charge in [-0.25, -0.2) is 0 Å². The van der Waals surface area contributed by atoms with Gasteiger partial charge in [0.1, 0.15) is 0 Å². The molecule has 0 fully saturated rings. The Morgan fingerprint density at radius 3 is 2.67 bits per heavy atom. The first-order valence-corrected chi connectivity index (χ1v) is 3.29. The van der Waals surface area contributed by atoms with Crippen LogP contribution in [-0.2, 0) is 4.79 Å². The molecule has 0 saturated heterocycles. The predicted octanol–water partition coefficient (Wildman–Crippen LogP) is 0.954. The first-order valence-electron chi connectivity index (χ1n) is 2.78. The molecule has 0 radical (unpaired) electrons. The lowest BCUT2D eigenvalue weighted by molar-refractivity contribution is -0.119. The van der Waals surface area contributed by atoms with E-state index < -0.39 is 0 Å². The number of thiol groups is 1. The number of nitrogens with one attached hydrogen (secondary N) is 1. The van der Waals surface area contributed by atoms with E-state index >= 15 is 0 Å². The molecular formula is C6H11NOS. The molecule has 9 heavy (non-hydrogen) atoms. The van der Waals surface area contributed by atoms with Gasteiger partial charge in [0.15, 0.2) is 0 Å². The van der Waals surface area contributed by atoms with Crippen LogP contribution < -0.4 is 5.32 Å². The minimum Gasteiger partial charge on any atom is -0.332 e. The average Bonchev–Trinajstić information content (AvgIpc) is 1.82. The van der Waals surface area contributed by atoms with Crippen molar-refractivity contribution in [2.75, 3.05) is 0 Å². The number of amides is 1. The Bertz CT molecular complexity index is 120. The molecule has 1 amide bonds. The Hall–Kier alpha value is -0.440. The van der Waals surface area contributed by atoms with E-state index in [2.05, 4.69) is 17.9 Å². The summed E-state index contributed by atoms with van der Waals surface area (Å²) in [5.41, 5.74) is 0. The standard InChI is InChI=1S/C6H11NOS/c1-3-4-7-6(8)5(2)9/h3-5,9H,1-2H3,(H,7,8)/b4-3-. The van der Waals surface area contributed by atoms with Crippen LogP contribution in [0, 0.1) is 0 Å². The van der Waals surface area contributed by atoms with E-state index in [0.29, 0.717) is 0 Å². The number of hydrogen-bond acceptors (Lipinski definition) is 2. The van der Waals surface area contributed by atoms with Crippen molar-refractivity contribution >= 4 is 18.5 Å². The van der Waals surface area contributed by atoms with Crippen LogP contribution in [0.25, 0.3) is 0 Å². The predicted molar refractivity (Wildman–Crippen MR) is 41.4 cm³/mol. The van der Waals surface area contributed by atoms with Crippen molar-refractivity contribution in [3.05, 3.63) is 12.3 Å². The summed E-state index contributed by atoms with van der Waals surface area (Å²) in [6.07, 6.45) is 3.35. The molecule has 0 saturated carbocycles. The Balaban J connectivity index is 3.51. The lowest BCUT2D eigenvalue weighted by Crippen LogP contribution is -2.24. The third-order valence-corrected chi connectivity index (χ3v) is 1.01. The maximum absolute atomic E-state index is 10.7. The molecule has 2 nitrogen and oxygen atoms in total. The molecular weight excluding hydrogens is 134 g/mol. The Morgan fingerprint density at radius 2 is 2.33 bits per heavy atom. The number of carbonyl (C=O) groups excluding carboxylic acids is 1. The molecule has 0 aromatic carbocycles. The molecule has 0 heterocycles. The van der Waals surface area contributed by atoms with Crippen molar-refractivity contribution in [3.8, 4) is 0 Å². The fourth-order valence-corrected chi connectivity index (χ4v) is 0.361. The van der Waals surface area contributed by atoms with Gasteiger partial charge in [0, 0.05) is 0 Å². The molecule has 1 unspecified atom stereocenters. The quantitative estimate of drug-likeness (QED) is 0.557. The second-order valence-corrected chi connectivity index (χ2v) is 2.46. The van der Waals surface area contributed by atoms with Crippen molar-refractivity contribution < 1.29 is 4.79 Å². The fourth-order valence-electron chi connectivity index (χ4n) is 0.286. The molecule has 0 aliphatic carbocycles. The van der Waals surface area contributed by atoms with Gasteiger partial charge in [-0.2, -0.15) is 12.6 Å². The van der Waals surface area contributed by atoms with E-state index in [0.717, 1.165) is 0 Å². The zero-order chi connectivity index (χ0) is 7.28. The van der Waals surface area contributed by atoms with Crippen LogP contribution in [-0.4, -0.2) is 11.2 Å². The van der Waals surface area contributed by atoms with E-state index in [1.807, 2.05) is 6.92 Å². The summed E-state index contributed by atoms with van der Waals surface area (Å²) < 4.78 is 0. The van der Waals surface area contributed by atoms with Crippen LogP contribution >= 0.6 is 12.6 Å². The number of rotatable bonds is 2. The smallest absolute Gasteiger partial charge is 0.236 e. The topological polar surface area (TPSA) is 29.1 Å². The lowest BCUT2D eigenvalue weighted by Gasteiger charge is -1.99. The summed E-state index contributed by atoms with van der Waals surface area (Å²) in [6, 6.07) is 0. The van der Waals surface area contributed by atoms with Gasteiger partial charge in [-0.3, -0.25) is 4.79 Å². The van der Waals surface area contributed by atoms with E-state index in [-0.39, 0.29) is 11.2 Å². The van der Waals surface area contributed by atoms with Crippen molar-refractivity contribution in [2.45, 2.75) is 19.1 Å². The number of allylic oxidation sites excluding steroid dienone is 1. The first-order chi connectivity index (χ1) is 4.18. The Labute approximate surface area is 60.7 Å². The van der Waals surface area contributed by atoms with Gasteiger partial charge in [0.2, 0.25) is 5.91 Å². The molecule has 1 atom stereocenters. The molecule has 0 spiro atoms. The minimum absolute atomic E-state index is 0.0727. The van der Waals surface area contributed by atoms with Gasteiger partial charge in [-0.05, 0) is 20.0 Å². The van der Waals surface area contributed by atoms with Crippen LogP contribution in [0.15, 0.2) is 12.3 Å². The van der Waals surface area contributed by atoms with Crippen LogP contribution in [0.5, 0.6) is 0 Å². The normalized spacial score (nSPS) is 13.7. The molecule has 3 heteroatoms. The molecule has 0 rings (SSSR count). The van der Waals surface area contributed by atoms with E-state index in [1.165, 1.54) is 0 Å². The number of carbonyl (C=O) groups is 1. The molecule has 0 bridgehead atoms. The largest absolute Gasteiger partial charge is 0.332 e. The van der Waals surface area contributed by atoms with Gasteiger partial charge in [0.05, 0.1) is 5.25 Å². The second-order valence-electron chi connectivity index (χ2n) is 1.68. The second kappa shape index (κ2) is 4.44. The van der Waals surface area contributed by atoms with Gasteiger partial charge in [0.25, 0.3) is 0 Å². The highest BCUT2D eigenvalue weighted by atomic mass is 32.1. The van der Waals surface area contributed by atoms with E-state index in [9.17, 15) is 4.79 Å². The minimum atomic E-state index is -0.235. The van der Waals surface area contributed by atoms with Crippen LogP contribution in [0.3, 0.4) is 0 Å².